The Balaban J connectivity index is 2.92. The van der Waals surface area contributed by atoms with Crippen LogP contribution in [0.4, 0.5) is 5.69 Å². The highest BCUT2D eigenvalue weighted by atomic mass is 35.5. The molecule has 5 heteroatoms. The van der Waals surface area contributed by atoms with Gasteiger partial charge in [-0.3, -0.25) is 0 Å². The minimum Gasteiger partial charge on any atom is -0.465 e. The second-order valence-corrected chi connectivity index (χ2v) is 4.01. The van der Waals surface area contributed by atoms with Crippen molar-refractivity contribution in [2.45, 2.75) is 6.10 Å². The predicted molar refractivity (Wildman–Crippen MR) is 67.8 cm³/mol. The number of alkyl halides is 1. The smallest absolute Gasteiger partial charge is 0.339 e. The Labute approximate surface area is 106 Å². The summed E-state index contributed by atoms with van der Waals surface area (Å²) in [6.07, 6.45) is -0.632. The quantitative estimate of drug-likeness (QED) is 0.642. The Kier molecular flexibility index (Phi) is 5.25. The predicted octanol–water partition coefficient (Wildman–Crippen LogP) is 1.51. The van der Waals surface area contributed by atoms with Crippen LogP contribution in [0.2, 0.25) is 0 Å². The zero-order valence-electron chi connectivity index (χ0n) is 9.89. The number of carbonyl (C=O) groups is 1. The second-order valence-electron chi connectivity index (χ2n) is 3.70. The maximum Gasteiger partial charge on any atom is 0.339 e. The zero-order chi connectivity index (χ0) is 12.8. The van der Waals surface area contributed by atoms with Gasteiger partial charge in [0.15, 0.2) is 0 Å². The van der Waals surface area contributed by atoms with E-state index in [9.17, 15) is 9.90 Å². The van der Waals surface area contributed by atoms with Gasteiger partial charge in [0.1, 0.15) is 0 Å². The highest BCUT2D eigenvalue weighted by Crippen LogP contribution is 2.20. The second kappa shape index (κ2) is 6.47. The lowest BCUT2D eigenvalue weighted by molar-refractivity contribution is 0.0601. The Bertz CT molecular complexity index is 384. The van der Waals surface area contributed by atoms with Crippen molar-refractivity contribution in [3.63, 3.8) is 0 Å². The van der Waals surface area contributed by atoms with E-state index >= 15 is 0 Å². The number of hydrogen-bond acceptors (Lipinski definition) is 4. The van der Waals surface area contributed by atoms with Crippen LogP contribution >= 0.6 is 11.6 Å². The van der Waals surface area contributed by atoms with Crippen LogP contribution in [0, 0.1) is 0 Å². The third-order valence-electron chi connectivity index (χ3n) is 2.38. The van der Waals surface area contributed by atoms with E-state index in [4.69, 9.17) is 16.3 Å². The van der Waals surface area contributed by atoms with E-state index in [-0.39, 0.29) is 5.88 Å². The fraction of sp³-hybridized carbons (Fsp3) is 0.417. The first-order chi connectivity index (χ1) is 8.10. The SMILES string of the molecule is COC(=O)c1ccccc1N(C)CC(O)CCl. The first kappa shape index (κ1) is 13.8. The van der Waals surface area contributed by atoms with Crippen molar-refractivity contribution in [1.82, 2.24) is 0 Å². The van der Waals surface area contributed by atoms with Gasteiger partial charge in [-0.25, -0.2) is 4.79 Å². The molecule has 1 aromatic rings. The van der Waals surface area contributed by atoms with Crippen LogP contribution in [0.25, 0.3) is 0 Å². The number of aliphatic hydroxyl groups is 1. The van der Waals surface area contributed by atoms with Crippen LogP contribution in [0.1, 0.15) is 10.4 Å². The van der Waals surface area contributed by atoms with Gasteiger partial charge in [0.2, 0.25) is 0 Å². The van der Waals surface area contributed by atoms with Crippen molar-refractivity contribution in [3.8, 4) is 0 Å². The van der Waals surface area contributed by atoms with E-state index < -0.39 is 12.1 Å². The molecule has 1 rings (SSSR count). The molecular weight excluding hydrogens is 242 g/mol. The van der Waals surface area contributed by atoms with Gasteiger partial charge in [0.05, 0.1) is 30.3 Å². The minimum atomic E-state index is -0.632. The van der Waals surface area contributed by atoms with Crippen LogP contribution in [-0.4, -0.2) is 43.8 Å². The summed E-state index contributed by atoms with van der Waals surface area (Å²) < 4.78 is 4.70. The number of ether oxygens (including phenoxy) is 1. The molecule has 1 N–H and O–H groups in total. The number of aliphatic hydroxyl groups excluding tert-OH is 1. The molecule has 0 amide bonds. The first-order valence-electron chi connectivity index (χ1n) is 5.22. The molecule has 0 aliphatic heterocycles. The summed E-state index contributed by atoms with van der Waals surface area (Å²) in [6, 6.07) is 7.07. The van der Waals surface area contributed by atoms with Gasteiger partial charge >= 0.3 is 5.97 Å². The molecule has 0 aliphatic rings. The molecule has 17 heavy (non-hydrogen) atoms. The Morgan fingerprint density at radius 1 is 1.53 bits per heavy atom. The monoisotopic (exact) mass is 257 g/mol. The molecule has 94 valence electrons. The van der Waals surface area contributed by atoms with E-state index in [0.29, 0.717) is 17.8 Å². The Morgan fingerprint density at radius 3 is 2.76 bits per heavy atom. The molecule has 0 saturated heterocycles. The van der Waals surface area contributed by atoms with Gasteiger partial charge in [-0.2, -0.15) is 0 Å². The summed E-state index contributed by atoms with van der Waals surface area (Å²) in [7, 11) is 3.13. The molecule has 1 atom stereocenters. The zero-order valence-corrected chi connectivity index (χ0v) is 10.6. The lowest BCUT2D eigenvalue weighted by Gasteiger charge is -2.23. The molecule has 0 aromatic heterocycles. The summed E-state index contributed by atoms with van der Waals surface area (Å²) in [4.78, 5) is 13.3. The van der Waals surface area contributed by atoms with Crippen LogP contribution in [0.15, 0.2) is 24.3 Å². The van der Waals surface area contributed by atoms with Crippen molar-refractivity contribution >= 4 is 23.3 Å². The molecule has 0 spiro atoms. The topological polar surface area (TPSA) is 49.8 Å². The number of likely N-dealkylation sites (N-methyl/N-ethyl adjacent to an activating group) is 1. The molecule has 0 saturated carbocycles. The molecule has 0 aliphatic carbocycles. The van der Waals surface area contributed by atoms with Gasteiger partial charge in [-0.15, -0.1) is 11.6 Å². The van der Waals surface area contributed by atoms with Gasteiger partial charge in [0.25, 0.3) is 0 Å². The molecule has 0 fully saturated rings. The summed E-state index contributed by atoms with van der Waals surface area (Å²) in [5.41, 5.74) is 1.18. The lowest BCUT2D eigenvalue weighted by Crippen LogP contribution is -2.31. The Hall–Kier alpha value is -1.26. The van der Waals surface area contributed by atoms with E-state index in [1.165, 1.54) is 7.11 Å². The van der Waals surface area contributed by atoms with E-state index in [0.717, 1.165) is 0 Å². The summed E-state index contributed by atoms with van der Waals surface area (Å²) in [6.45, 7) is 0.359. The van der Waals surface area contributed by atoms with Crippen LogP contribution < -0.4 is 4.90 Å². The number of carbonyl (C=O) groups excluding carboxylic acids is 1. The number of benzene rings is 1. The van der Waals surface area contributed by atoms with E-state index in [1.807, 2.05) is 6.07 Å². The maximum absolute atomic E-state index is 11.6. The number of methoxy groups -OCH3 is 1. The third kappa shape index (κ3) is 3.61. The number of esters is 1. The van der Waals surface area contributed by atoms with Crippen molar-refractivity contribution in [3.05, 3.63) is 29.8 Å². The lowest BCUT2D eigenvalue weighted by atomic mass is 10.1. The van der Waals surface area contributed by atoms with E-state index in [1.54, 1.807) is 30.1 Å². The van der Waals surface area contributed by atoms with E-state index in [2.05, 4.69) is 0 Å². The minimum absolute atomic E-state index is 0.157. The third-order valence-corrected chi connectivity index (χ3v) is 2.74. The van der Waals surface area contributed by atoms with Crippen LogP contribution in [0.3, 0.4) is 0 Å². The fourth-order valence-electron chi connectivity index (χ4n) is 1.55. The number of halogens is 1. The first-order valence-corrected chi connectivity index (χ1v) is 5.76. The summed E-state index contributed by atoms with van der Waals surface area (Å²) in [5, 5.41) is 9.49. The molecule has 1 unspecified atom stereocenters. The number of anilines is 1. The number of rotatable bonds is 5. The van der Waals surface area contributed by atoms with Gasteiger partial charge in [-0.05, 0) is 12.1 Å². The van der Waals surface area contributed by atoms with Crippen molar-refractivity contribution in [2.75, 3.05) is 31.5 Å². The number of nitrogens with zero attached hydrogens (tertiary/aromatic N) is 1. The molecule has 0 radical (unpaired) electrons. The highest BCUT2D eigenvalue weighted by molar-refractivity contribution is 6.18. The molecule has 0 heterocycles. The van der Waals surface area contributed by atoms with Gasteiger partial charge in [-0.1, -0.05) is 12.1 Å². The molecule has 4 nitrogen and oxygen atoms in total. The van der Waals surface area contributed by atoms with Crippen LogP contribution in [0.5, 0.6) is 0 Å². The molecular formula is C12H16ClNO3. The van der Waals surface area contributed by atoms with Gasteiger partial charge in [0, 0.05) is 13.6 Å². The standard InChI is InChI=1S/C12H16ClNO3/c1-14(8-9(15)7-13)11-6-4-3-5-10(11)12(16)17-2/h3-6,9,15H,7-8H2,1-2H3. The molecule has 0 bridgehead atoms. The summed E-state index contributed by atoms with van der Waals surface area (Å²) in [5.74, 6) is -0.238. The van der Waals surface area contributed by atoms with Crippen molar-refractivity contribution in [2.24, 2.45) is 0 Å². The van der Waals surface area contributed by atoms with Crippen molar-refractivity contribution < 1.29 is 14.6 Å². The highest BCUT2D eigenvalue weighted by Gasteiger charge is 2.15. The average Bonchev–Trinajstić information content (AvgIpc) is 2.37. The largest absolute Gasteiger partial charge is 0.465 e. The summed E-state index contributed by atoms with van der Waals surface area (Å²) >= 11 is 5.54. The molecule has 1 aromatic carbocycles. The Morgan fingerprint density at radius 2 is 2.18 bits per heavy atom. The van der Waals surface area contributed by atoms with Crippen LogP contribution in [-0.2, 0) is 4.74 Å². The maximum atomic E-state index is 11.6. The van der Waals surface area contributed by atoms with Gasteiger partial charge < -0.3 is 14.7 Å². The fourth-order valence-corrected chi connectivity index (χ4v) is 1.65. The number of hydrogen-bond donors (Lipinski definition) is 1. The normalized spacial score (nSPS) is 12.0. The van der Waals surface area contributed by atoms with Crippen molar-refractivity contribution in [1.29, 1.82) is 0 Å². The average molecular weight is 258 g/mol. The number of para-hydroxylation sites is 1.